The Morgan fingerprint density at radius 2 is 1.80 bits per heavy atom. The Bertz CT molecular complexity index is 1090. The topological polar surface area (TPSA) is 81.2 Å². The van der Waals surface area contributed by atoms with Crippen molar-refractivity contribution in [2.45, 2.75) is 31.8 Å². The first-order valence-corrected chi connectivity index (χ1v) is 12.4. The van der Waals surface area contributed by atoms with Crippen molar-refractivity contribution in [2.75, 3.05) is 68.6 Å². The minimum Gasteiger partial charge on any atom is -0.381 e. The van der Waals surface area contributed by atoms with Crippen molar-refractivity contribution >= 4 is 34.7 Å². The molecule has 2 aromatic rings. The van der Waals surface area contributed by atoms with Crippen molar-refractivity contribution < 1.29 is 14.3 Å². The van der Waals surface area contributed by atoms with Crippen molar-refractivity contribution in [3.05, 3.63) is 42.1 Å². The Balaban J connectivity index is 1.39. The third-order valence-corrected chi connectivity index (χ3v) is 7.36. The van der Waals surface area contributed by atoms with Crippen LogP contribution in [0.5, 0.6) is 0 Å². The second kappa shape index (κ2) is 9.83. The van der Waals surface area contributed by atoms with Crippen molar-refractivity contribution in [3.8, 4) is 0 Å². The van der Waals surface area contributed by atoms with Crippen molar-refractivity contribution in [2.24, 2.45) is 0 Å². The number of anilines is 4. The molecule has 0 saturated carbocycles. The van der Waals surface area contributed by atoms with Gasteiger partial charge in [0.2, 0.25) is 5.91 Å². The molecule has 3 aliphatic rings. The Labute approximate surface area is 206 Å². The number of ether oxygens (including phenoxy) is 1. The molecule has 1 aromatic heterocycles. The molecular formula is C26H34N6O3. The summed E-state index contributed by atoms with van der Waals surface area (Å²) in [5, 5.41) is 3.38. The molecule has 9 heteroatoms. The molecule has 2 saturated heterocycles. The lowest BCUT2D eigenvalue weighted by molar-refractivity contribution is -0.119. The zero-order valence-corrected chi connectivity index (χ0v) is 20.7. The molecule has 2 fully saturated rings. The number of likely N-dealkylation sites (N-methyl/N-ethyl adjacent to an activating group) is 2. The summed E-state index contributed by atoms with van der Waals surface area (Å²) in [4.78, 5) is 38.6. The molecule has 4 heterocycles. The van der Waals surface area contributed by atoms with Crippen molar-refractivity contribution in [3.63, 3.8) is 0 Å². The van der Waals surface area contributed by atoms with Gasteiger partial charge in [-0.1, -0.05) is 6.07 Å². The van der Waals surface area contributed by atoms with Gasteiger partial charge in [-0.05, 0) is 45.0 Å². The van der Waals surface area contributed by atoms with Crippen LogP contribution in [0.1, 0.15) is 30.1 Å². The number of amides is 2. The Morgan fingerprint density at radius 1 is 1.06 bits per heavy atom. The van der Waals surface area contributed by atoms with E-state index in [1.807, 2.05) is 42.2 Å². The molecule has 0 bridgehead atoms. The third kappa shape index (κ3) is 4.70. The fourth-order valence-corrected chi connectivity index (χ4v) is 5.24. The zero-order chi connectivity index (χ0) is 24.5. The van der Waals surface area contributed by atoms with Crippen molar-refractivity contribution in [1.29, 1.82) is 0 Å². The maximum atomic E-state index is 13.0. The molecule has 5 rings (SSSR count). The van der Waals surface area contributed by atoms with Crippen LogP contribution in [0.4, 0.5) is 22.9 Å². The molecular weight excluding hydrogens is 444 g/mol. The van der Waals surface area contributed by atoms with Crippen LogP contribution in [0.2, 0.25) is 0 Å². The molecule has 186 valence electrons. The Kier molecular flexibility index (Phi) is 6.62. The molecule has 2 amide bonds. The number of carbonyl (C=O) groups is 2. The normalized spacial score (nSPS) is 21.7. The van der Waals surface area contributed by atoms with Gasteiger partial charge < -0.3 is 29.7 Å². The fourth-order valence-electron chi connectivity index (χ4n) is 5.24. The summed E-state index contributed by atoms with van der Waals surface area (Å²) in [7, 11) is 3.89. The summed E-state index contributed by atoms with van der Waals surface area (Å²) in [6.45, 7) is 6.65. The average molecular weight is 479 g/mol. The van der Waals surface area contributed by atoms with Crippen LogP contribution in [0, 0.1) is 0 Å². The highest BCUT2D eigenvalue weighted by Gasteiger charge is 2.38. The quantitative estimate of drug-likeness (QED) is 0.723. The van der Waals surface area contributed by atoms with Crippen LogP contribution in [0.15, 0.2) is 36.5 Å². The number of fused-ring (bicyclic) bond motifs is 1. The summed E-state index contributed by atoms with van der Waals surface area (Å²) < 4.78 is 5.56. The number of nitrogens with zero attached hydrogens (tertiary/aromatic N) is 5. The van der Waals surface area contributed by atoms with Crippen LogP contribution in [-0.4, -0.2) is 92.2 Å². The zero-order valence-electron chi connectivity index (χ0n) is 20.7. The second-order valence-electron chi connectivity index (χ2n) is 9.68. The number of piperazine rings is 1. The molecule has 1 N–H and O–H groups in total. The second-order valence-corrected chi connectivity index (χ2v) is 9.68. The maximum absolute atomic E-state index is 13.0. The molecule has 9 nitrogen and oxygen atoms in total. The van der Waals surface area contributed by atoms with Crippen molar-refractivity contribution in [1.82, 2.24) is 14.8 Å². The lowest BCUT2D eigenvalue weighted by Crippen LogP contribution is -2.55. The maximum Gasteiger partial charge on any atom is 0.254 e. The number of pyridine rings is 1. The number of benzene rings is 1. The van der Waals surface area contributed by atoms with Gasteiger partial charge in [-0.15, -0.1) is 0 Å². The van der Waals surface area contributed by atoms with E-state index in [-0.39, 0.29) is 23.9 Å². The van der Waals surface area contributed by atoms with E-state index < -0.39 is 0 Å². The molecule has 1 atom stereocenters. The first-order chi connectivity index (χ1) is 16.9. The van der Waals surface area contributed by atoms with Gasteiger partial charge in [0.15, 0.2) is 0 Å². The summed E-state index contributed by atoms with van der Waals surface area (Å²) in [6.07, 6.45) is 3.54. The number of nitrogens with one attached hydrogen (secondary N) is 1. The molecule has 0 unspecified atom stereocenters. The van der Waals surface area contributed by atoms with Crippen LogP contribution < -0.4 is 15.1 Å². The third-order valence-electron chi connectivity index (χ3n) is 7.36. The molecule has 0 aliphatic carbocycles. The molecule has 0 spiro atoms. The van der Waals surface area contributed by atoms with Gasteiger partial charge in [0.1, 0.15) is 11.9 Å². The first kappa shape index (κ1) is 23.6. The molecule has 35 heavy (non-hydrogen) atoms. The minimum atomic E-state index is -0.254. The minimum absolute atomic E-state index is 0.0554. The fraction of sp³-hybridized carbons (Fsp3) is 0.500. The highest BCUT2D eigenvalue weighted by molar-refractivity contribution is 6.05. The standard InChI is InChI=1S/C26H34N6O3/c1-18-25(33)30(3)23-17-27-24(16-22(23)32(18)21-7-13-35-14-8-21)28-20-6-4-5-19(15-20)26(34)31-11-9-29(2)10-12-31/h4-6,15-18,21H,7-14H2,1-3H3,(H,27,28)/t18-/m1/s1. The number of aromatic nitrogens is 1. The van der Waals surface area contributed by atoms with E-state index >= 15 is 0 Å². The Hall–Kier alpha value is -3.17. The highest BCUT2D eigenvalue weighted by atomic mass is 16.5. The molecule has 3 aliphatic heterocycles. The van der Waals surface area contributed by atoms with Gasteiger partial charge in [-0.3, -0.25) is 9.59 Å². The van der Waals surface area contributed by atoms with E-state index in [0.29, 0.717) is 24.6 Å². The number of rotatable bonds is 4. The number of hydrogen-bond acceptors (Lipinski definition) is 7. The first-order valence-electron chi connectivity index (χ1n) is 12.4. The van der Waals surface area contributed by atoms with E-state index in [1.54, 1.807) is 18.1 Å². The van der Waals surface area contributed by atoms with E-state index in [1.165, 1.54) is 0 Å². The predicted octanol–water partition coefficient (Wildman–Crippen LogP) is 2.56. The monoisotopic (exact) mass is 478 g/mol. The number of hydrogen-bond donors (Lipinski definition) is 1. The summed E-state index contributed by atoms with van der Waals surface area (Å²) in [5.74, 6) is 0.807. The van der Waals surface area contributed by atoms with Crippen LogP contribution in [0.3, 0.4) is 0 Å². The van der Waals surface area contributed by atoms with Crippen LogP contribution in [-0.2, 0) is 9.53 Å². The van der Waals surface area contributed by atoms with Gasteiger partial charge >= 0.3 is 0 Å². The largest absolute Gasteiger partial charge is 0.381 e. The van der Waals surface area contributed by atoms with Gasteiger partial charge in [0, 0.05) is 69.8 Å². The average Bonchev–Trinajstić information content (AvgIpc) is 2.88. The lowest BCUT2D eigenvalue weighted by Gasteiger charge is -2.45. The summed E-state index contributed by atoms with van der Waals surface area (Å²) in [5.41, 5.74) is 3.28. The van der Waals surface area contributed by atoms with Gasteiger partial charge in [0.25, 0.3) is 5.91 Å². The number of carbonyl (C=O) groups excluding carboxylic acids is 2. The molecule has 1 aromatic carbocycles. The van der Waals surface area contributed by atoms with Crippen LogP contribution in [0.25, 0.3) is 0 Å². The smallest absolute Gasteiger partial charge is 0.254 e. The predicted molar refractivity (Wildman–Crippen MR) is 137 cm³/mol. The van der Waals surface area contributed by atoms with Gasteiger partial charge in [-0.2, -0.15) is 0 Å². The highest BCUT2D eigenvalue weighted by Crippen LogP contribution is 2.39. The van der Waals surface area contributed by atoms with Gasteiger partial charge in [-0.25, -0.2) is 4.98 Å². The SMILES string of the molecule is C[C@@H]1C(=O)N(C)c2cnc(Nc3cccc(C(=O)N4CCN(C)CC4)c3)cc2N1C1CCOCC1. The van der Waals surface area contributed by atoms with E-state index in [2.05, 4.69) is 27.1 Å². The summed E-state index contributed by atoms with van der Waals surface area (Å²) in [6, 6.07) is 9.59. The summed E-state index contributed by atoms with van der Waals surface area (Å²) >= 11 is 0. The van der Waals surface area contributed by atoms with Crippen LogP contribution >= 0.6 is 0 Å². The molecule has 0 radical (unpaired) electrons. The Morgan fingerprint density at radius 3 is 2.54 bits per heavy atom. The van der Waals surface area contributed by atoms with Gasteiger partial charge in [0.05, 0.1) is 17.6 Å². The van der Waals surface area contributed by atoms with E-state index in [4.69, 9.17) is 4.74 Å². The van der Waals surface area contributed by atoms with E-state index in [0.717, 1.165) is 56.1 Å². The van der Waals surface area contributed by atoms with E-state index in [9.17, 15) is 9.59 Å². The lowest BCUT2D eigenvalue weighted by atomic mass is 10.00.